The van der Waals surface area contributed by atoms with Crippen LogP contribution in [0.15, 0.2) is 108 Å². The lowest BCUT2D eigenvalue weighted by Crippen LogP contribution is -2.50. The molecule has 168 valence electrons. The summed E-state index contributed by atoms with van der Waals surface area (Å²) >= 11 is 0. The van der Waals surface area contributed by atoms with Crippen molar-refractivity contribution in [3.63, 3.8) is 0 Å². The molecule has 6 nitrogen and oxygen atoms in total. The van der Waals surface area contributed by atoms with Gasteiger partial charge in [-0.15, -0.1) is 0 Å². The summed E-state index contributed by atoms with van der Waals surface area (Å²) in [6, 6.07) is 0. The maximum absolute atomic E-state index is 12.9. The van der Waals surface area contributed by atoms with E-state index in [1.54, 1.807) is 54.4 Å². The number of sulfone groups is 1. The third-order valence-corrected chi connectivity index (χ3v) is 6.80. The highest BCUT2D eigenvalue weighted by Crippen LogP contribution is 2.34. The van der Waals surface area contributed by atoms with Crippen LogP contribution in [-0.4, -0.2) is 56.2 Å². The van der Waals surface area contributed by atoms with Crippen LogP contribution in [0.1, 0.15) is 6.92 Å². The number of allylic oxidation sites excluding steroid dienone is 12. The van der Waals surface area contributed by atoms with Crippen LogP contribution in [-0.2, 0) is 19.4 Å². The minimum Gasteiger partial charge on any atom is -0.336 e. The summed E-state index contributed by atoms with van der Waals surface area (Å²) in [5, 5.41) is 0. The first-order valence-corrected chi connectivity index (χ1v) is 11.6. The molecule has 1 fully saturated rings. The van der Waals surface area contributed by atoms with Crippen molar-refractivity contribution in [3.8, 4) is 0 Å². The highest BCUT2D eigenvalue weighted by molar-refractivity contribution is 8.00. The molecule has 2 aliphatic heterocycles. The highest BCUT2D eigenvalue weighted by Gasteiger charge is 2.39. The normalized spacial score (nSPS) is 21.4. The maximum atomic E-state index is 12.9. The topological polar surface area (TPSA) is 74.8 Å². The summed E-state index contributed by atoms with van der Waals surface area (Å²) < 4.78 is 25.6. The average Bonchev–Trinajstić information content (AvgIpc) is 3.05. The Morgan fingerprint density at radius 1 is 0.938 bits per heavy atom. The van der Waals surface area contributed by atoms with Crippen molar-refractivity contribution in [3.05, 3.63) is 108 Å². The molecule has 0 aliphatic carbocycles. The molecule has 7 heteroatoms. The quantitative estimate of drug-likeness (QED) is 0.438. The molecule has 32 heavy (non-hydrogen) atoms. The van der Waals surface area contributed by atoms with E-state index in [0.29, 0.717) is 18.7 Å². The highest BCUT2D eigenvalue weighted by atomic mass is 32.2. The molecule has 0 saturated carbocycles. The fourth-order valence-electron chi connectivity index (χ4n) is 3.30. The van der Waals surface area contributed by atoms with Gasteiger partial charge in [-0.05, 0) is 36.3 Å². The van der Waals surface area contributed by atoms with Crippen LogP contribution in [0.5, 0.6) is 0 Å². The van der Waals surface area contributed by atoms with Gasteiger partial charge < -0.3 is 9.80 Å². The molecule has 0 aromatic rings. The standard InChI is InChI=1S/C25H28N2O4S/c1-5-9-12-20(10-6-2)13-14-24(28)26-15-17-27(18-16-26)25(29)23-19-21(8-4)22(11-7-3)32(23,30)31/h5-14,19H,1-3,15-18H2,4H3/b12-9-,14-13+,20-10+,21-8-,22-11+. The van der Waals surface area contributed by atoms with E-state index in [2.05, 4.69) is 19.7 Å². The number of piperazine rings is 1. The number of carbonyl (C=O) groups excluding carboxylic acids is 2. The zero-order valence-corrected chi connectivity index (χ0v) is 19.1. The summed E-state index contributed by atoms with van der Waals surface area (Å²) in [5.74, 6) is -0.732. The first kappa shape index (κ1) is 24.8. The Kier molecular flexibility index (Phi) is 8.72. The van der Waals surface area contributed by atoms with Crippen molar-refractivity contribution < 1.29 is 18.0 Å². The molecule has 0 radical (unpaired) electrons. The summed E-state index contributed by atoms with van der Waals surface area (Å²) in [6.07, 6.45) is 17.6. The van der Waals surface area contributed by atoms with Crippen molar-refractivity contribution in [1.82, 2.24) is 9.80 Å². The SMILES string of the molecule is C=C\C=C/C(/C=C/C(=O)N1CCN(C(=O)C2=CC(=C/C)/C(=C\C=C)S2(=O)=O)CC1)=C\C=C. The van der Waals surface area contributed by atoms with E-state index in [1.807, 2.05) is 0 Å². The summed E-state index contributed by atoms with van der Waals surface area (Å²) in [6.45, 7) is 13.7. The molecule has 0 N–H and O–H groups in total. The van der Waals surface area contributed by atoms with Gasteiger partial charge in [0.2, 0.25) is 15.7 Å². The lowest BCUT2D eigenvalue weighted by molar-refractivity contribution is -0.134. The number of rotatable bonds is 7. The number of carbonyl (C=O) groups is 2. The van der Waals surface area contributed by atoms with Gasteiger partial charge in [0.25, 0.3) is 5.91 Å². The van der Waals surface area contributed by atoms with Crippen molar-refractivity contribution in [2.24, 2.45) is 0 Å². The molecule has 2 amide bonds. The van der Waals surface area contributed by atoms with Crippen LogP contribution < -0.4 is 0 Å². The van der Waals surface area contributed by atoms with E-state index in [9.17, 15) is 18.0 Å². The largest absolute Gasteiger partial charge is 0.336 e. The number of nitrogens with zero attached hydrogens (tertiary/aromatic N) is 2. The minimum absolute atomic E-state index is 0.0752. The Labute approximate surface area is 190 Å². The second-order valence-electron chi connectivity index (χ2n) is 6.97. The van der Waals surface area contributed by atoms with Gasteiger partial charge in [0.1, 0.15) is 4.91 Å². The van der Waals surface area contributed by atoms with Gasteiger partial charge in [0.05, 0.1) is 4.91 Å². The van der Waals surface area contributed by atoms with Gasteiger partial charge in [-0.1, -0.05) is 62.3 Å². The van der Waals surface area contributed by atoms with Crippen LogP contribution in [0.2, 0.25) is 0 Å². The van der Waals surface area contributed by atoms with Crippen LogP contribution in [0, 0.1) is 0 Å². The molecule has 0 aromatic carbocycles. The van der Waals surface area contributed by atoms with E-state index in [4.69, 9.17) is 0 Å². The van der Waals surface area contributed by atoms with E-state index < -0.39 is 15.7 Å². The molecule has 2 aliphatic rings. The molecule has 1 saturated heterocycles. The van der Waals surface area contributed by atoms with Gasteiger partial charge in [-0.2, -0.15) is 0 Å². The van der Waals surface area contributed by atoms with Gasteiger partial charge >= 0.3 is 0 Å². The molecule has 2 heterocycles. The first-order valence-electron chi connectivity index (χ1n) is 10.1. The molecular weight excluding hydrogens is 424 g/mol. The van der Waals surface area contributed by atoms with Crippen LogP contribution >= 0.6 is 0 Å². The van der Waals surface area contributed by atoms with E-state index in [0.717, 1.165) is 5.57 Å². The summed E-state index contributed by atoms with van der Waals surface area (Å²) in [4.78, 5) is 28.4. The summed E-state index contributed by atoms with van der Waals surface area (Å²) in [5.41, 5.74) is 1.27. The Balaban J connectivity index is 2.07. The molecule has 0 aromatic heterocycles. The van der Waals surface area contributed by atoms with Crippen LogP contribution in [0.3, 0.4) is 0 Å². The molecule has 0 spiro atoms. The summed E-state index contributed by atoms with van der Waals surface area (Å²) in [7, 11) is -3.89. The van der Waals surface area contributed by atoms with Gasteiger partial charge in [-0.25, -0.2) is 8.42 Å². The predicted molar refractivity (Wildman–Crippen MR) is 129 cm³/mol. The third-order valence-electron chi connectivity index (χ3n) is 4.97. The fraction of sp³-hybridized carbons (Fsp3) is 0.200. The zero-order valence-electron chi connectivity index (χ0n) is 18.2. The van der Waals surface area contributed by atoms with Gasteiger partial charge in [0.15, 0.2) is 0 Å². The lowest BCUT2D eigenvalue weighted by Gasteiger charge is -2.34. The Morgan fingerprint density at radius 2 is 1.59 bits per heavy atom. The van der Waals surface area contributed by atoms with Crippen LogP contribution in [0.25, 0.3) is 0 Å². The molecule has 0 atom stereocenters. The number of hydrogen-bond donors (Lipinski definition) is 0. The van der Waals surface area contributed by atoms with Crippen molar-refractivity contribution >= 4 is 21.7 Å². The Hall–Kier alpha value is -3.45. The smallest absolute Gasteiger partial charge is 0.265 e. The van der Waals surface area contributed by atoms with E-state index >= 15 is 0 Å². The zero-order chi connectivity index (χ0) is 23.7. The molecule has 2 rings (SSSR count). The minimum atomic E-state index is -3.89. The monoisotopic (exact) mass is 452 g/mol. The van der Waals surface area contributed by atoms with Crippen molar-refractivity contribution in [2.45, 2.75) is 6.92 Å². The Morgan fingerprint density at radius 3 is 2.16 bits per heavy atom. The first-order chi connectivity index (χ1) is 15.3. The number of amides is 2. The fourth-order valence-corrected chi connectivity index (χ4v) is 4.94. The van der Waals surface area contributed by atoms with Gasteiger partial charge in [-0.3, -0.25) is 9.59 Å². The molecular formula is C25H28N2O4S. The molecule has 0 unspecified atom stereocenters. The van der Waals surface area contributed by atoms with Crippen molar-refractivity contribution in [1.29, 1.82) is 0 Å². The molecule has 0 bridgehead atoms. The second kappa shape index (κ2) is 11.2. The maximum Gasteiger partial charge on any atom is 0.265 e. The average molecular weight is 453 g/mol. The van der Waals surface area contributed by atoms with Crippen LogP contribution in [0.4, 0.5) is 0 Å². The lowest BCUT2D eigenvalue weighted by atomic mass is 10.2. The third kappa shape index (κ3) is 5.62. The van der Waals surface area contributed by atoms with E-state index in [1.165, 1.54) is 29.2 Å². The van der Waals surface area contributed by atoms with Gasteiger partial charge in [0, 0.05) is 32.3 Å². The number of hydrogen-bond acceptors (Lipinski definition) is 4. The Bertz CT molecular complexity index is 1090. The predicted octanol–water partition coefficient (Wildman–Crippen LogP) is 3.40. The second-order valence-corrected chi connectivity index (χ2v) is 8.86. The van der Waals surface area contributed by atoms with E-state index in [-0.39, 0.29) is 28.8 Å². The van der Waals surface area contributed by atoms with Crippen molar-refractivity contribution in [2.75, 3.05) is 26.2 Å².